The molecule has 0 radical (unpaired) electrons. The van der Waals surface area contributed by atoms with Crippen LogP contribution in [0.3, 0.4) is 0 Å². The number of rotatable bonds is 5. The molecule has 0 heterocycles. The molecule has 1 aromatic rings. The lowest BCUT2D eigenvalue weighted by atomic mass is 9.97. The van der Waals surface area contributed by atoms with Crippen molar-refractivity contribution < 1.29 is 14.7 Å². The average Bonchev–Trinajstić information content (AvgIpc) is 2.25. The Balaban J connectivity index is 2.50. The van der Waals surface area contributed by atoms with Gasteiger partial charge in [-0.3, -0.25) is 0 Å². The Kier molecular flexibility index (Phi) is 4.34. The molecule has 0 fully saturated rings. The van der Waals surface area contributed by atoms with E-state index in [-0.39, 0.29) is 12.5 Å². The van der Waals surface area contributed by atoms with Crippen LogP contribution in [0.15, 0.2) is 30.3 Å². The fourth-order valence-corrected chi connectivity index (χ4v) is 1.35. The summed E-state index contributed by atoms with van der Waals surface area (Å²) in [5.74, 6) is -0.238. The molecule has 0 saturated carbocycles. The van der Waals surface area contributed by atoms with Crippen molar-refractivity contribution in [3.63, 3.8) is 0 Å². The highest BCUT2D eigenvalue weighted by Crippen LogP contribution is 2.15. The number of carbonyl (C=O) groups is 2. The molecule has 1 amide bonds. The van der Waals surface area contributed by atoms with Gasteiger partial charge in [0.15, 0.2) is 0 Å². The zero-order valence-corrected chi connectivity index (χ0v) is 8.22. The highest BCUT2D eigenvalue weighted by molar-refractivity contribution is 5.65. The number of carbonyl (C=O) groups excluding carboxylic acids is 1. The van der Waals surface area contributed by atoms with E-state index in [0.29, 0.717) is 6.42 Å². The fourth-order valence-electron chi connectivity index (χ4n) is 1.35. The molecule has 0 saturated heterocycles. The molecule has 0 aliphatic rings. The van der Waals surface area contributed by atoms with Crippen molar-refractivity contribution >= 4 is 12.4 Å². The second kappa shape index (κ2) is 5.80. The highest BCUT2D eigenvalue weighted by atomic mass is 16.4. The maximum atomic E-state index is 10.8. The Morgan fingerprint density at radius 2 is 2.07 bits per heavy atom. The SMILES string of the molecule is O=C[C@@H](CCNC(=O)O)c1ccccc1. The first-order valence-corrected chi connectivity index (χ1v) is 4.71. The van der Waals surface area contributed by atoms with Gasteiger partial charge in [-0.25, -0.2) is 4.79 Å². The van der Waals surface area contributed by atoms with Crippen LogP contribution in [0.25, 0.3) is 0 Å². The molecule has 0 aliphatic heterocycles. The topological polar surface area (TPSA) is 66.4 Å². The molecule has 4 heteroatoms. The van der Waals surface area contributed by atoms with Crippen molar-refractivity contribution in [2.24, 2.45) is 0 Å². The average molecular weight is 207 g/mol. The van der Waals surface area contributed by atoms with Gasteiger partial charge in [0.25, 0.3) is 0 Å². The molecule has 4 nitrogen and oxygen atoms in total. The van der Waals surface area contributed by atoms with Gasteiger partial charge in [0.2, 0.25) is 0 Å². The van der Waals surface area contributed by atoms with E-state index >= 15 is 0 Å². The van der Waals surface area contributed by atoms with E-state index in [1.165, 1.54) is 0 Å². The third-order valence-corrected chi connectivity index (χ3v) is 2.12. The minimum absolute atomic E-state index is 0.238. The van der Waals surface area contributed by atoms with E-state index in [2.05, 4.69) is 5.32 Å². The molecule has 0 unspecified atom stereocenters. The summed E-state index contributed by atoms with van der Waals surface area (Å²) in [6.45, 7) is 0.285. The van der Waals surface area contributed by atoms with Crippen LogP contribution in [0, 0.1) is 0 Å². The van der Waals surface area contributed by atoms with Crippen molar-refractivity contribution in [2.75, 3.05) is 6.54 Å². The first-order chi connectivity index (χ1) is 7.24. The Morgan fingerprint density at radius 1 is 1.40 bits per heavy atom. The van der Waals surface area contributed by atoms with Crippen LogP contribution >= 0.6 is 0 Å². The second-order valence-corrected chi connectivity index (χ2v) is 3.17. The number of nitrogens with one attached hydrogen (secondary N) is 1. The van der Waals surface area contributed by atoms with Crippen LogP contribution in [0.2, 0.25) is 0 Å². The van der Waals surface area contributed by atoms with Gasteiger partial charge in [-0.1, -0.05) is 30.3 Å². The second-order valence-electron chi connectivity index (χ2n) is 3.17. The lowest BCUT2D eigenvalue weighted by molar-refractivity contribution is -0.109. The van der Waals surface area contributed by atoms with E-state index < -0.39 is 6.09 Å². The Morgan fingerprint density at radius 3 is 2.60 bits per heavy atom. The molecule has 15 heavy (non-hydrogen) atoms. The summed E-state index contributed by atoms with van der Waals surface area (Å²) in [5.41, 5.74) is 0.916. The third-order valence-electron chi connectivity index (χ3n) is 2.12. The Bertz CT molecular complexity index is 324. The van der Waals surface area contributed by atoms with Gasteiger partial charge in [-0.2, -0.15) is 0 Å². The van der Waals surface area contributed by atoms with Crippen LogP contribution < -0.4 is 5.32 Å². The lowest BCUT2D eigenvalue weighted by Gasteiger charge is -2.09. The van der Waals surface area contributed by atoms with Gasteiger partial charge in [0, 0.05) is 12.5 Å². The number of amides is 1. The summed E-state index contributed by atoms with van der Waals surface area (Å²) >= 11 is 0. The molecule has 0 bridgehead atoms. The summed E-state index contributed by atoms with van der Waals surface area (Å²) in [6.07, 6.45) is 0.270. The minimum atomic E-state index is -1.06. The Hall–Kier alpha value is -1.84. The van der Waals surface area contributed by atoms with Crippen LogP contribution in [0.4, 0.5) is 4.79 Å². The summed E-state index contributed by atoms with van der Waals surface area (Å²) in [7, 11) is 0. The van der Waals surface area contributed by atoms with Gasteiger partial charge in [-0.15, -0.1) is 0 Å². The van der Waals surface area contributed by atoms with Gasteiger partial charge < -0.3 is 15.2 Å². The van der Waals surface area contributed by atoms with Crippen molar-refractivity contribution in [3.8, 4) is 0 Å². The Labute approximate surface area is 87.9 Å². The normalized spacial score (nSPS) is 11.7. The first kappa shape index (κ1) is 11.2. The van der Waals surface area contributed by atoms with Gasteiger partial charge in [0.1, 0.15) is 6.29 Å². The van der Waals surface area contributed by atoms with Crippen molar-refractivity contribution in [3.05, 3.63) is 35.9 Å². The van der Waals surface area contributed by atoms with Gasteiger partial charge in [0.05, 0.1) is 0 Å². The minimum Gasteiger partial charge on any atom is -0.465 e. The summed E-state index contributed by atoms with van der Waals surface area (Å²) in [5, 5.41) is 10.6. The van der Waals surface area contributed by atoms with Gasteiger partial charge >= 0.3 is 6.09 Å². The molecular weight excluding hydrogens is 194 g/mol. The summed E-state index contributed by atoms with van der Waals surface area (Å²) in [4.78, 5) is 21.0. The van der Waals surface area contributed by atoms with E-state index in [0.717, 1.165) is 11.8 Å². The van der Waals surface area contributed by atoms with Crippen LogP contribution in [0.5, 0.6) is 0 Å². The van der Waals surface area contributed by atoms with E-state index in [1.54, 1.807) is 0 Å². The number of aldehydes is 1. The first-order valence-electron chi connectivity index (χ1n) is 4.71. The molecule has 1 rings (SSSR count). The highest BCUT2D eigenvalue weighted by Gasteiger charge is 2.09. The monoisotopic (exact) mass is 207 g/mol. The van der Waals surface area contributed by atoms with Crippen LogP contribution in [-0.2, 0) is 4.79 Å². The zero-order valence-electron chi connectivity index (χ0n) is 8.22. The van der Waals surface area contributed by atoms with E-state index in [1.807, 2.05) is 30.3 Å². The maximum Gasteiger partial charge on any atom is 0.404 e. The quantitative estimate of drug-likeness (QED) is 0.721. The lowest BCUT2D eigenvalue weighted by Crippen LogP contribution is -2.23. The summed E-state index contributed by atoms with van der Waals surface area (Å²) in [6, 6.07) is 9.31. The molecule has 0 aromatic heterocycles. The van der Waals surface area contributed by atoms with Crippen molar-refractivity contribution in [1.29, 1.82) is 0 Å². The number of carboxylic acid groups (broad SMARTS) is 1. The molecule has 2 N–H and O–H groups in total. The smallest absolute Gasteiger partial charge is 0.404 e. The zero-order chi connectivity index (χ0) is 11.1. The molecule has 0 aliphatic carbocycles. The summed E-state index contributed by atoms with van der Waals surface area (Å²) < 4.78 is 0. The predicted molar refractivity (Wildman–Crippen MR) is 55.9 cm³/mol. The van der Waals surface area contributed by atoms with Crippen molar-refractivity contribution in [2.45, 2.75) is 12.3 Å². The van der Waals surface area contributed by atoms with E-state index in [9.17, 15) is 9.59 Å². The molecule has 80 valence electrons. The predicted octanol–water partition coefficient (Wildman–Crippen LogP) is 1.63. The molecule has 1 atom stereocenters. The number of hydrogen-bond donors (Lipinski definition) is 2. The molecular formula is C11H13NO3. The largest absolute Gasteiger partial charge is 0.465 e. The van der Waals surface area contributed by atoms with Crippen LogP contribution in [-0.4, -0.2) is 24.0 Å². The third kappa shape index (κ3) is 3.81. The van der Waals surface area contributed by atoms with Gasteiger partial charge in [-0.05, 0) is 12.0 Å². The number of hydrogen-bond acceptors (Lipinski definition) is 2. The molecule has 0 spiro atoms. The van der Waals surface area contributed by atoms with E-state index in [4.69, 9.17) is 5.11 Å². The van der Waals surface area contributed by atoms with Crippen LogP contribution in [0.1, 0.15) is 17.9 Å². The molecule has 1 aromatic carbocycles. The van der Waals surface area contributed by atoms with Crippen molar-refractivity contribution in [1.82, 2.24) is 5.32 Å². The number of benzene rings is 1. The standard InChI is InChI=1S/C11H13NO3/c13-8-10(6-7-12-11(14)15)9-4-2-1-3-5-9/h1-5,8,10,12H,6-7H2,(H,14,15)/t10-/m1/s1. The fraction of sp³-hybridized carbons (Fsp3) is 0.273. The maximum absolute atomic E-state index is 10.8.